The number of nitrogens with two attached hydrogens (primary N) is 1. The standard InChI is InChI=1S/C8H17N3/c1-6(7-3-4-7)5-11-8(9)10-2/h6-7H,3-5H2,1-2H3,(H3,9,10,11). The van der Waals surface area contributed by atoms with E-state index in [0.29, 0.717) is 5.96 Å². The second-order valence-electron chi connectivity index (χ2n) is 3.30. The Morgan fingerprint density at radius 2 is 2.36 bits per heavy atom. The van der Waals surface area contributed by atoms with Crippen molar-refractivity contribution in [3.63, 3.8) is 0 Å². The first-order valence-corrected chi connectivity index (χ1v) is 4.20. The first-order chi connectivity index (χ1) is 5.24. The summed E-state index contributed by atoms with van der Waals surface area (Å²) >= 11 is 0. The molecule has 0 radical (unpaired) electrons. The van der Waals surface area contributed by atoms with E-state index in [1.165, 1.54) is 12.8 Å². The van der Waals surface area contributed by atoms with Gasteiger partial charge in [0.05, 0.1) is 0 Å². The molecule has 11 heavy (non-hydrogen) atoms. The zero-order valence-corrected chi connectivity index (χ0v) is 7.30. The predicted octanol–water partition coefficient (Wildman–Crippen LogP) is 0.567. The molecule has 0 aromatic heterocycles. The Balaban J connectivity index is 2.10. The van der Waals surface area contributed by atoms with Gasteiger partial charge in [-0.1, -0.05) is 6.92 Å². The van der Waals surface area contributed by atoms with Crippen LogP contribution in [0, 0.1) is 11.8 Å². The molecule has 1 aliphatic rings. The van der Waals surface area contributed by atoms with Gasteiger partial charge < -0.3 is 11.1 Å². The smallest absolute Gasteiger partial charge is 0.188 e. The van der Waals surface area contributed by atoms with Crippen LogP contribution in [-0.2, 0) is 0 Å². The van der Waals surface area contributed by atoms with Crippen LogP contribution in [0.15, 0.2) is 4.99 Å². The summed E-state index contributed by atoms with van der Waals surface area (Å²) < 4.78 is 0. The molecule has 0 heterocycles. The van der Waals surface area contributed by atoms with E-state index in [-0.39, 0.29) is 0 Å². The third kappa shape index (κ3) is 2.78. The number of guanidine groups is 1. The van der Waals surface area contributed by atoms with Gasteiger partial charge in [-0.05, 0) is 24.7 Å². The summed E-state index contributed by atoms with van der Waals surface area (Å²) in [7, 11) is 1.70. The number of hydrogen-bond donors (Lipinski definition) is 2. The molecule has 1 aliphatic carbocycles. The Morgan fingerprint density at radius 1 is 1.73 bits per heavy atom. The molecule has 0 aliphatic heterocycles. The SMILES string of the molecule is CN=C(N)NCC(C)C1CC1. The van der Waals surface area contributed by atoms with E-state index in [4.69, 9.17) is 5.73 Å². The van der Waals surface area contributed by atoms with Crippen LogP contribution in [0.25, 0.3) is 0 Å². The van der Waals surface area contributed by atoms with Crippen LogP contribution in [0.1, 0.15) is 19.8 Å². The molecule has 0 saturated heterocycles. The van der Waals surface area contributed by atoms with Crippen molar-refractivity contribution in [3.05, 3.63) is 0 Å². The monoisotopic (exact) mass is 155 g/mol. The van der Waals surface area contributed by atoms with Gasteiger partial charge >= 0.3 is 0 Å². The fourth-order valence-corrected chi connectivity index (χ4v) is 1.18. The first kappa shape index (κ1) is 8.37. The lowest BCUT2D eigenvalue weighted by molar-refractivity contribution is 0.499. The molecule has 0 amide bonds. The van der Waals surface area contributed by atoms with Gasteiger partial charge in [0.1, 0.15) is 0 Å². The zero-order valence-electron chi connectivity index (χ0n) is 7.30. The van der Waals surface area contributed by atoms with Gasteiger partial charge in [-0.3, -0.25) is 4.99 Å². The third-order valence-electron chi connectivity index (χ3n) is 2.27. The van der Waals surface area contributed by atoms with Gasteiger partial charge in [0.2, 0.25) is 0 Å². The lowest BCUT2D eigenvalue weighted by atomic mass is 10.1. The second-order valence-corrected chi connectivity index (χ2v) is 3.30. The summed E-state index contributed by atoms with van der Waals surface area (Å²) in [6.07, 6.45) is 2.79. The fourth-order valence-electron chi connectivity index (χ4n) is 1.18. The van der Waals surface area contributed by atoms with Crippen molar-refractivity contribution in [1.29, 1.82) is 0 Å². The van der Waals surface area contributed by atoms with E-state index in [1.807, 2.05) is 0 Å². The van der Waals surface area contributed by atoms with Crippen molar-refractivity contribution in [2.45, 2.75) is 19.8 Å². The number of aliphatic imine (C=N–C) groups is 1. The number of rotatable bonds is 3. The maximum Gasteiger partial charge on any atom is 0.188 e. The van der Waals surface area contributed by atoms with E-state index in [2.05, 4.69) is 17.2 Å². The lowest BCUT2D eigenvalue weighted by Gasteiger charge is -2.10. The molecule has 0 spiro atoms. The van der Waals surface area contributed by atoms with Crippen LogP contribution >= 0.6 is 0 Å². The van der Waals surface area contributed by atoms with E-state index >= 15 is 0 Å². The zero-order chi connectivity index (χ0) is 8.27. The normalized spacial score (nSPS) is 21.5. The van der Waals surface area contributed by atoms with Crippen molar-refractivity contribution in [1.82, 2.24) is 5.32 Å². The number of hydrogen-bond acceptors (Lipinski definition) is 1. The Labute approximate surface area is 68.1 Å². The van der Waals surface area contributed by atoms with Crippen molar-refractivity contribution in [3.8, 4) is 0 Å². The van der Waals surface area contributed by atoms with Gasteiger partial charge in [0, 0.05) is 13.6 Å². The van der Waals surface area contributed by atoms with Crippen LogP contribution < -0.4 is 11.1 Å². The predicted molar refractivity (Wildman–Crippen MR) is 47.4 cm³/mol. The molecular weight excluding hydrogens is 138 g/mol. The fraction of sp³-hybridized carbons (Fsp3) is 0.875. The minimum Gasteiger partial charge on any atom is -0.370 e. The highest BCUT2D eigenvalue weighted by molar-refractivity contribution is 5.77. The van der Waals surface area contributed by atoms with Crippen LogP contribution in [-0.4, -0.2) is 19.6 Å². The molecule has 3 heteroatoms. The molecule has 0 aromatic carbocycles. The highest BCUT2D eigenvalue weighted by Gasteiger charge is 2.27. The summed E-state index contributed by atoms with van der Waals surface area (Å²) in [4.78, 5) is 3.82. The van der Waals surface area contributed by atoms with Crippen LogP contribution in [0.3, 0.4) is 0 Å². The van der Waals surface area contributed by atoms with Crippen molar-refractivity contribution < 1.29 is 0 Å². The molecule has 1 atom stereocenters. The maximum atomic E-state index is 5.48. The number of nitrogens with one attached hydrogen (secondary N) is 1. The van der Waals surface area contributed by atoms with Gasteiger partial charge in [-0.25, -0.2) is 0 Å². The highest BCUT2D eigenvalue weighted by atomic mass is 15.1. The summed E-state index contributed by atoms with van der Waals surface area (Å²) in [6.45, 7) is 3.22. The molecule has 0 bridgehead atoms. The van der Waals surface area contributed by atoms with Crippen molar-refractivity contribution in [2.24, 2.45) is 22.6 Å². The van der Waals surface area contributed by atoms with Crippen LogP contribution in [0.2, 0.25) is 0 Å². The largest absolute Gasteiger partial charge is 0.370 e. The molecule has 3 N–H and O–H groups in total. The topological polar surface area (TPSA) is 50.4 Å². The van der Waals surface area contributed by atoms with E-state index in [1.54, 1.807) is 7.05 Å². The molecule has 0 aromatic rings. The molecule has 3 nitrogen and oxygen atoms in total. The van der Waals surface area contributed by atoms with Gasteiger partial charge in [-0.2, -0.15) is 0 Å². The molecule has 1 fully saturated rings. The van der Waals surface area contributed by atoms with Crippen molar-refractivity contribution >= 4 is 5.96 Å². The molecule has 1 rings (SSSR count). The van der Waals surface area contributed by atoms with E-state index in [0.717, 1.165) is 18.4 Å². The summed E-state index contributed by atoms with van der Waals surface area (Å²) in [6, 6.07) is 0. The van der Waals surface area contributed by atoms with E-state index in [9.17, 15) is 0 Å². The Bertz CT molecular complexity index is 149. The Hall–Kier alpha value is -0.730. The van der Waals surface area contributed by atoms with Crippen molar-refractivity contribution in [2.75, 3.05) is 13.6 Å². The second kappa shape index (κ2) is 3.60. The molecule has 1 unspecified atom stereocenters. The maximum absolute atomic E-state index is 5.48. The lowest BCUT2D eigenvalue weighted by Crippen LogP contribution is -2.35. The van der Waals surface area contributed by atoms with Crippen LogP contribution in [0.4, 0.5) is 0 Å². The quantitative estimate of drug-likeness (QED) is 0.462. The van der Waals surface area contributed by atoms with Gasteiger partial charge in [-0.15, -0.1) is 0 Å². The average molecular weight is 155 g/mol. The highest BCUT2D eigenvalue weighted by Crippen LogP contribution is 2.35. The third-order valence-corrected chi connectivity index (χ3v) is 2.27. The average Bonchev–Trinajstić information content (AvgIpc) is 2.81. The van der Waals surface area contributed by atoms with Crippen LogP contribution in [0.5, 0.6) is 0 Å². The Morgan fingerprint density at radius 3 is 2.82 bits per heavy atom. The summed E-state index contributed by atoms with van der Waals surface area (Å²) in [5.41, 5.74) is 5.48. The van der Waals surface area contributed by atoms with E-state index < -0.39 is 0 Å². The minimum absolute atomic E-state index is 0.553. The van der Waals surface area contributed by atoms with Gasteiger partial charge in [0.25, 0.3) is 0 Å². The molecule has 64 valence electrons. The molecular formula is C8H17N3. The molecule has 1 saturated carbocycles. The minimum atomic E-state index is 0.553. The van der Waals surface area contributed by atoms with Gasteiger partial charge in [0.15, 0.2) is 5.96 Å². The summed E-state index contributed by atoms with van der Waals surface area (Å²) in [5, 5.41) is 3.08. The number of nitrogens with zero attached hydrogens (tertiary/aromatic N) is 1. The Kier molecular flexibility index (Phi) is 2.74. The summed E-state index contributed by atoms with van der Waals surface area (Å²) in [5.74, 6) is 2.24. The first-order valence-electron chi connectivity index (χ1n) is 4.20.